The highest BCUT2D eigenvalue weighted by Crippen LogP contribution is 2.29. The number of benzene rings is 2. The number of nitrogens with zero attached hydrogens (tertiary/aromatic N) is 1. The van der Waals surface area contributed by atoms with E-state index in [1.807, 2.05) is 49.4 Å². The Morgan fingerprint density at radius 3 is 2.46 bits per heavy atom. The van der Waals surface area contributed by atoms with E-state index in [2.05, 4.69) is 10.3 Å². The van der Waals surface area contributed by atoms with Crippen LogP contribution in [0.25, 0.3) is 0 Å². The molecule has 26 heavy (non-hydrogen) atoms. The molecular formula is C19H26IN3O3. The lowest BCUT2D eigenvalue weighted by Crippen LogP contribution is -2.23. The van der Waals surface area contributed by atoms with Gasteiger partial charge in [-0.3, -0.25) is 4.99 Å². The van der Waals surface area contributed by atoms with Gasteiger partial charge in [-0.25, -0.2) is 0 Å². The Bertz CT molecular complexity index is 723. The molecule has 3 N–H and O–H groups in total. The zero-order valence-corrected chi connectivity index (χ0v) is 17.7. The molecule has 0 fully saturated rings. The third-order valence-electron chi connectivity index (χ3n) is 3.59. The molecule has 6 nitrogen and oxygen atoms in total. The quantitative estimate of drug-likeness (QED) is 0.265. The molecule has 0 unspecified atom stereocenters. The summed E-state index contributed by atoms with van der Waals surface area (Å²) < 4.78 is 16.2. The molecule has 2 aromatic rings. The molecule has 0 bridgehead atoms. The number of rotatable bonds is 8. The van der Waals surface area contributed by atoms with E-state index in [1.165, 1.54) is 0 Å². The summed E-state index contributed by atoms with van der Waals surface area (Å²) in [4.78, 5) is 4.30. The number of hydrogen-bond acceptors (Lipinski definition) is 4. The fourth-order valence-electron chi connectivity index (χ4n) is 2.27. The van der Waals surface area contributed by atoms with Gasteiger partial charge in [-0.2, -0.15) is 0 Å². The number of anilines is 1. The number of aryl methyl sites for hydroxylation is 1. The fraction of sp³-hybridized carbons (Fsp3) is 0.316. The average Bonchev–Trinajstić information content (AvgIpc) is 2.62. The second-order valence-electron chi connectivity index (χ2n) is 5.43. The van der Waals surface area contributed by atoms with Gasteiger partial charge in [0.15, 0.2) is 17.5 Å². The summed E-state index contributed by atoms with van der Waals surface area (Å²) in [6.45, 7) is 3.20. The van der Waals surface area contributed by atoms with Crippen molar-refractivity contribution >= 4 is 35.6 Å². The monoisotopic (exact) mass is 471 g/mol. The third kappa shape index (κ3) is 6.62. The Kier molecular flexibility index (Phi) is 9.64. The molecule has 0 atom stereocenters. The first-order chi connectivity index (χ1) is 12.1. The number of nitrogens with two attached hydrogens (primary N) is 1. The summed E-state index contributed by atoms with van der Waals surface area (Å²) in [7, 11) is 3.19. The van der Waals surface area contributed by atoms with Gasteiger partial charge < -0.3 is 25.3 Å². The molecule has 0 radical (unpaired) electrons. The molecule has 0 aliphatic heterocycles. The standard InChI is InChI=1S/C19H25N3O3.HI/c1-14-7-4-5-8-16(14)25-12-6-11-21-19(20)22-15-9-10-17(23-2)18(13-15)24-3;/h4-5,7-10,13H,6,11-12H2,1-3H3,(H3,20,21,22);1H. The van der Waals surface area contributed by atoms with E-state index < -0.39 is 0 Å². The van der Waals surface area contributed by atoms with Gasteiger partial charge in [0.05, 0.1) is 20.8 Å². The lowest BCUT2D eigenvalue weighted by atomic mass is 10.2. The predicted molar refractivity (Wildman–Crippen MR) is 116 cm³/mol. The van der Waals surface area contributed by atoms with E-state index >= 15 is 0 Å². The van der Waals surface area contributed by atoms with Crippen LogP contribution in [-0.4, -0.2) is 33.3 Å². The Labute approximate surface area is 171 Å². The van der Waals surface area contributed by atoms with Gasteiger partial charge in [-0.1, -0.05) is 18.2 Å². The molecule has 0 aliphatic carbocycles. The molecule has 0 heterocycles. The van der Waals surface area contributed by atoms with Crippen LogP contribution in [0.2, 0.25) is 0 Å². The largest absolute Gasteiger partial charge is 0.493 e. The number of aliphatic imine (C=N–C) groups is 1. The van der Waals surface area contributed by atoms with E-state index in [0.717, 1.165) is 23.4 Å². The molecule has 0 saturated heterocycles. The van der Waals surface area contributed by atoms with Crippen molar-refractivity contribution in [2.75, 3.05) is 32.7 Å². The zero-order valence-electron chi connectivity index (χ0n) is 15.3. The summed E-state index contributed by atoms with van der Waals surface area (Å²) in [5.41, 5.74) is 7.82. The third-order valence-corrected chi connectivity index (χ3v) is 3.59. The number of hydrogen-bond donors (Lipinski definition) is 2. The Balaban J connectivity index is 0.00000338. The highest BCUT2D eigenvalue weighted by Gasteiger charge is 2.05. The summed E-state index contributed by atoms with van der Waals surface area (Å²) in [6.07, 6.45) is 0.780. The first kappa shape index (κ1) is 21.9. The smallest absolute Gasteiger partial charge is 0.193 e. The second kappa shape index (κ2) is 11.5. The maximum Gasteiger partial charge on any atom is 0.193 e. The van der Waals surface area contributed by atoms with Crippen LogP contribution in [-0.2, 0) is 0 Å². The topological polar surface area (TPSA) is 78.1 Å². The molecule has 0 spiro atoms. The van der Waals surface area contributed by atoms with Crippen LogP contribution in [0.1, 0.15) is 12.0 Å². The van der Waals surface area contributed by atoms with Gasteiger partial charge in [0.2, 0.25) is 0 Å². The van der Waals surface area contributed by atoms with Crippen molar-refractivity contribution in [3.8, 4) is 17.2 Å². The fourth-order valence-corrected chi connectivity index (χ4v) is 2.27. The van der Waals surface area contributed by atoms with Crippen molar-refractivity contribution in [2.24, 2.45) is 10.7 Å². The molecule has 0 saturated carbocycles. The summed E-state index contributed by atoms with van der Waals surface area (Å²) in [5.74, 6) is 2.55. The van der Waals surface area contributed by atoms with Crippen molar-refractivity contribution in [2.45, 2.75) is 13.3 Å². The first-order valence-electron chi connectivity index (χ1n) is 8.11. The lowest BCUT2D eigenvalue weighted by molar-refractivity contribution is 0.311. The van der Waals surface area contributed by atoms with E-state index in [-0.39, 0.29) is 24.0 Å². The van der Waals surface area contributed by atoms with Gasteiger partial charge in [0, 0.05) is 24.7 Å². The molecule has 7 heteroatoms. The lowest BCUT2D eigenvalue weighted by Gasteiger charge is -2.11. The van der Waals surface area contributed by atoms with E-state index in [1.54, 1.807) is 14.2 Å². The highest BCUT2D eigenvalue weighted by molar-refractivity contribution is 14.0. The Hall–Kier alpha value is -2.16. The SMILES string of the molecule is COc1ccc(NC(N)=NCCCOc2ccccc2C)cc1OC.I. The molecule has 0 aliphatic rings. The Morgan fingerprint density at radius 1 is 1.04 bits per heavy atom. The molecule has 142 valence electrons. The van der Waals surface area contributed by atoms with E-state index in [9.17, 15) is 0 Å². The van der Waals surface area contributed by atoms with Gasteiger partial charge in [-0.15, -0.1) is 24.0 Å². The van der Waals surface area contributed by atoms with Gasteiger partial charge >= 0.3 is 0 Å². The number of halogens is 1. The number of methoxy groups -OCH3 is 2. The number of guanidine groups is 1. The average molecular weight is 471 g/mol. The molecule has 2 rings (SSSR count). The maximum absolute atomic E-state index is 5.91. The minimum atomic E-state index is 0. The summed E-state index contributed by atoms with van der Waals surface area (Å²) >= 11 is 0. The highest BCUT2D eigenvalue weighted by atomic mass is 127. The second-order valence-corrected chi connectivity index (χ2v) is 5.43. The minimum absolute atomic E-state index is 0. The van der Waals surface area contributed by atoms with Crippen LogP contribution in [0.4, 0.5) is 5.69 Å². The predicted octanol–water partition coefficient (Wildman–Crippen LogP) is 3.83. The summed E-state index contributed by atoms with van der Waals surface area (Å²) in [6, 6.07) is 13.4. The molecule has 2 aromatic carbocycles. The maximum atomic E-state index is 5.91. The normalized spacial score (nSPS) is 10.7. The van der Waals surface area contributed by atoms with Crippen LogP contribution in [0.3, 0.4) is 0 Å². The zero-order chi connectivity index (χ0) is 18.1. The van der Waals surface area contributed by atoms with Crippen LogP contribution in [0.5, 0.6) is 17.2 Å². The van der Waals surface area contributed by atoms with Crippen molar-refractivity contribution < 1.29 is 14.2 Å². The van der Waals surface area contributed by atoms with Crippen molar-refractivity contribution in [3.63, 3.8) is 0 Å². The molecule has 0 aromatic heterocycles. The van der Waals surface area contributed by atoms with E-state index in [4.69, 9.17) is 19.9 Å². The number of para-hydroxylation sites is 1. The summed E-state index contributed by atoms with van der Waals surface area (Å²) in [5, 5.41) is 3.04. The van der Waals surface area contributed by atoms with Crippen molar-refractivity contribution in [1.82, 2.24) is 0 Å². The van der Waals surface area contributed by atoms with Gasteiger partial charge in [-0.05, 0) is 30.7 Å². The minimum Gasteiger partial charge on any atom is -0.493 e. The van der Waals surface area contributed by atoms with Crippen LogP contribution in [0, 0.1) is 6.92 Å². The first-order valence-corrected chi connectivity index (χ1v) is 8.11. The van der Waals surface area contributed by atoms with E-state index in [0.29, 0.717) is 30.6 Å². The molecular weight excluding hydrogens is 445 g/mol. The van der Waals surface area contributed by atoms with Crippen LogP contribution in [0.15, 0.2) is 47.5 Å². The van der Waals surface area contributed by atoms with Gasteiger partial charge in [0.1, 0.15) is 5.75 Å². The van der Waals surface area contributed by atoms with Crippen molar-refractivity contribution in [1.29, 1.82) is 0 Å². The van der Waals surface area contributed by atoms with Crippen LogP contribution >= 0.6 is 24.0 Å². The van der Waals surface area contributed by atoms with Crippen molar-refractivity contribution in [3.05, 3.63) is 48.0 Å². The van der Waals surface area contributed by atoms with Gasteiger partial charge in [0.25, 0.3) is 0 Å². The number of nitrogens with one attached hydrogen (secondary N) is 1. The van der Waals surface area contributed by atoms with Crippen LogP contribution < -0.4 is 25.3 Å². The number of ether oxygens (including phenoxy) is 3. The Morgan fingerprint density at radius 2 is 1.77 bits per heavy atom. The molecule has 0 amide bonds.